The predicted molar refractivity (Wildman–Crippen MR) is 108 cm³/mol. The standard InChI is InChI=1S/C22H19FN4O/c1-14-10-17-18(22(24)28)11-16(23)12-19(17)27(14)21-9-5-8-20(26-21)25-13-15-6-3-2-4-7-15/h2-12H,13H2,1H3,(H2,24,28)(H,25,26). The Morgan fingerprint density at radius 3 is 2.64 bits per heavy atom. The number of pyridine rings is 1. The van der Waals surface area contributed by atoms with E-state index in [0.717, 1.165) is 11.3 Å². The van der Waals surface area contributed by atoms with Gasteiger partial charge in [-0.25, -0.2) is 9.37 Å². The Hall–Kier alpha value is -3.67. The van der Waals surface area contributed by atoms with Crippen molar-refractivity contribution in [3.8, 4) is 5.82 Å². The lowest BCUT2D eigenvalue weighted by Gasteiger charge is -2.11. The van der Waals surface area contributed by atoms with Crippen LogP contribution < -0.4 is 11.1 Å². The highest BCUT2D eigenvalue weighted by atomic mass is 19.1. The molecule has 140 valence electrons. The molecule has 6 heteroatoms. The summed E-state index contributed by atoms with van der Waals surface area (Å²) in [6.45, 7) is 2.53. The number of benzene rings is 2. The van der Waals surface area contributed by atoms with E-state index in [-0.39, 0.29) is 5.56 Å². The number of halogens is 1. The van der Waals surface area contributed by atoms with E-state index in [9.17, 15) is 9.18 Å². The molecule has 5 nitrogen and oxygen atoms in total. The van der Waals surface area contributed by atoms with Crippen LogP contribution in [-0.4, -0.2) is 15.5 Å². The van der Waals surface area contributed by atoms with Crippen LogP contribution >= 0.6 is 0 Å². The molecule has 0 bridgehead atoms. The maximum Gasteiger partial charge on any atom is 0.249 e. The molecular weight excluding hydrogens is 355 g/mol. The molecule has 28 heavy (non-hydrogen) atoms. The van der Waals surface area contributed by atoms with Crippen LogP contribution in [0.15, 0.2) is 66.7 Å². The number of nitrogens with zero attached hydrogens (tertiary/aromatic N) is 2. The van der Waals surface area contributed by atoms with E-state index in [4.69, 9.17) is 5.73 Å². The summed E-state index contributed by atoms with van der Waals surface area (Å²) >= 11 is 0. The summed E-state index contributed by atoms with van der Waals surface area (Å²) in [7, 11) is 0. The Morgan fingerprint density at radius 1 is 1.11 bits per heavy atom. The van der Waals surface area contributed by atoms with Crippen LogP contribution in [0.1, 0.15) is 21.6 Å². The van der Waals surface area contributed by atoms with Crippen molar-refractivity contribution in [2.75, 3.05) is 5.32 Å². The van der Waals surface area contributed by atoms with Crippen molar-refractivity contribution in [3.63, 3.8) is 0 Å². The molecular formula is C22H19FN4O. The monoisotopic (exact) mass is 374 g/mol. The van der Waals surface area contributed by atoms with Crippen molar-refractivity contribution in [1.82, 2.24) is 9.55 Å². The number of carbonyl (C=O) groups excluding carboxylic acids is 1. The second-order valence-electron chi connectivity index (χ2n) is 6.59. The van der Waals surface area contributed by atoms with E-state index in [0.29, 0.717) is 29.1 Å². The number of rotatable bonds is 5. The number of nitrogens with one attached hydrogen (secondary N) is 1. The van der Waals surface area contributed by atoms with Gasteiger partial charge in [0.05, 0.1) is 11.1 Å². The van der Waals surface area contributed by atoms with Crippen molar-refractivity contribution in [2.45, 2.75) is 13.5 Å². The molecule has 4 aromatic rings. The molecule has 0 radical (unpaired) electrons. The van der Waals surface area contributed by atoms with Crippen LogP contribution in [0.2, 0.25) is 0 Å². The van der Waals surface area contributed by atoms with Gasteiger partial charge in [-0.05, 0) is 42.8 Å². The van der Waals surface area contributed by atoms with Gasteiger partial charge < -0.3 is 11.1 Å². The summed E-state index contributed by atoms with van der Waals surface area (Å²) in [5.41, 5.74) is 8.12. The highest BCUT2D eigenvalue weighted by Crippen LogP contribution is 2.27. The molecule has 0 saturated carbocycles. The highest BCUT2D eigenvalue weighted by molar-refractivity contribution is 6.06. The van der Waals surface area contributed by atoms with Crippen LogP contribution in [-0.2, 0) is 6.54 Å². The lowest BCUT2D eigenvalue weighted by atomic mass is 10.1. The molecule has 4 rings (SSSR count). The van der Waals surface area contributed by atoms with Gasteiger partial charge in [-0.1, -0.05) is 36.4 Å². The lowest BCUT2D eigenvalue weighted by molar-refractivity contribution is 0.100. The van der Waals surface area contributed by atoms with E-state index in [1.54, 1.807) is 0 Å². The van der Waals surface area contributed by atoms with Crippen molar-refractivity contribution in [3.05, 3.63) is 89.4 Å². The topological polar surface area (TPSA) is 72.9 Å². The summed E-state index contributed by atoms with van der Waals surface area (Å²) in [5.74, 6) is 0.160. The fourth-order valence-electron chi connectivity index (χ4n) is 3.35. The average molecular weight is 374 g/mol. The number of amides is 1. The predicted octanol–water partition coefficient (Wildman–Crippen LogP) is 4.18. The van der Waals surface area contributed by atoms with E-state index >= 15 is 0 Å². The number of carbonyl (C=O) groups is 1. The molecule has 2 aromatic heterocycles. The van der Waals surface area contributed by atoms with Gasteiger partial charge in [0, 0.05) is 17.6 Å². The highest BCUT2D eigenvalue weighted by Gasteiger charge is 2.16. The van der Waals surface area contributed by atoms with E-state index < -0.39 is 11.7 Å². The minimum Gasteiger partial charge on any atom is -0.366 e. The third-order valence-corrected chi connectivity index (χ3v) is 4.62. The zero-order valence-electron chi connectivity index (χ0n) is 15.3. The van der Waals surface area contributed by atoms with Gasteiger partial charge in [0.15, 0.2) is 0 Å². The van der Waals surface area contributed by atoms with Gasteiger partial charge in [-0.2, -0.15) is 0 Å². The number of anilines is 1. The van der Waals surface area contributed by atoms with Gasteiger partial charge in [0.2, 0.25) is 5.91 Å². The maximum absolute atomic E-state index is 14.1. The summed E-state index contributed by atoms with van der Waals surface area (Å²) in [4.78, 5) is 16.4. The second kappa shape index (κ2) is 7.15. The zero-order chi connectivity index (χ0) is 19.7. The van der Waals surface area contributed by atoms with Crippen molar-refractivity contribution >= 4 is 22.6 Å². The molecule has 0 spiro atoms. The van der Waals surface area contributed by atoms with Gasteiger partial charge in [-0.3, -0.25) is 9.36 Å². The third kappa shape index (κ3) is 3.32. The smallest absolute Gasteiger partial charge is 0.249 e. The van der Waals surface area contributed by atoms with Gasteiger partial charge in [0.1, 0.15) is 17.5 Å². The Balaban J connectivity index is 1.74. The average Bonchev–Trinajstić information content (AvgIpc) is 3.02. The fraction of sp³-hybridized carbons (Fsp3) is 0.0909. The molecule has 0 saturated heterocycles. The number of hydrogen-bond acceptors (Lipinski definition) is 3. The molecule has 0 aliphatic rings. The first-order valence-corrected chi connectivity index (χ1v) is 8.89. The van der Waals surface area contributed by atoms with E-state index in [1.807, 2.05) is 66.1 Å². The normalized spacial score (nSPS) is 10.9. The first-order valence-electron chi connectivity index (χ1n) is 8.89. The molecule has 0 aliphatic heterocycles. The van der Waals surface area contributed by atoms with Crippen LogP contribution in [0.5, 0.6) is 0 Å². The van der Waals surface area contributed by atoms with Gasteiger partial charge in [-0.15, -0.1) is 0 Å². The number of primary amides is 1. The van der Waals surface area contributed by atoms with Gasteiger partial charge >= 0.3 is 0 Å². The maximum atomic E-state index is 14.1. The minimum absolute atomic E-state index is 0.162. The second-order valence-corrected chi connectivity index (χ2v) is 6.59. The van der Waals surface area contributed by atoms with E-state index in [2.05, 4.69) is 10.3 Å². The largest absolute Gasteiger partial charge is 0.366 e. The molecule has 3 N–H and O–H groups in total. The summed E-state index contributed by atoms with van der Waals surface area (Å²) < 4.78 is 15.9. The number of fused-ring (bicyclic) bond motifs is 1. The Bertz CT molecular complexity index is 1170. The van der Waals surface area contributed by atoms with Crippen molar-refractivity contribution in [2.24, 2.45) is 5.73 Å². The molecule has 0 unspecified atom stereocenters. The summed E-state index contributed by atoms with van der Waals surface area (Å²) in [6.07, 6.45) is 0. The number of hydrogen-bond donors (Lipinski definition) is 2. The molecule has 2 aromatic carbocycles. The SMILES string of the molecule is Cc1cc2c(C(N)=O)cc(F)cc2n1-c1cccc(NCc2ccccc2)n1. The number of nitrogens with two attached hydrogens (primary N) is 1. The summed E-state index contributed by atoms with van der Waals surface area (Å²) in [6, 6.07) is 20.0. The molecule has 0 aliphatic carbocycles. The lowest BCUT2D eigenvalue weighted by Crippen LogP contribution is -2.11. The molecule has 0 fully saturated rings. The molecule has 2 heterocycles. The Morgan fingerprint density at radius 2 is 1.89 bits per heavy atom. The van der Waals surface area contributed by atoms with Crippen molar-refractivity contribution < 1.29 is 9.18 Å². The zero-order valence-corrected chi connectivity index (χ0v) is 15.3. The first kappa shape index (κ1) is 17.7. The van der Waals surface area contributed by atoms with Crippen LogP contribution in [0.3, 0.4) is 0 Å². The minimum atomic E-state index is -0.659. The molecule has 0 atom stereocenters. The van der Waals surface area contributed by atoms with Gasteiger partial charge in [0.25, 0.3) is 0 Å². The number of aryl methyl sites for hydroxylation is 1. The van der Waals surface area contributed by atoms with E-state index in [1.165, 1.54) is 12.1 Å². The number of aromatic nitrogens is 2. The first-order chi connectivity index (χ1) is 13.5. The van der Waals surface area contributed by atoms with Crippen molar-refractivity contribution in [1.29, 1.82) is 0 Å². The Kier molecular flexibility index (Phi) is 4.53. The molecule has 1 amide bonds. The quantitative estimate of drug-likeness (QED) is 0.550. The third-order valence-electron chi connectivity index (χ3n) is 4.62. The van der Waals surface area contributed by atoms with Crippen LogP contribution in [0.25, 0.3) is 16.7 Å². The Labute approximate surface area is 161 Å². The van der Waals surface area contributed by atoms with Crippen LogP contribution in [0.4, 0.5) is 10.2 Å². The fourth-order valence-corrected chi connectivity index (χ4v) is 3.35. The summed E-state index contributed by atoms with van der Waals surface area (Å²) in [5, 5.41) is 3.91. The van der Waals surface area contributed by atoms with Crippen LogP contribution in [0, 0.1) is 12.7 Å².